The minimum Gasteiger partial charge on any atom is -0.494 e. The molecule has 0 saturated heterocycles. The Morgan fingerprint density at radius 2 is 2.13 bits per heavy atom. The number of alkyl halides is 2. The molecule has 1 aromatic rings. The van der Waals surface area contributed by atoms with Crippen molar-refractivity contribution in [3.05, 3.63) is 29.3 Å². The zero-order valence-electron chi connectivity index (χ0n) is 8.55. The number of ether oxygens (including phenoxy) is 1. The van der Waals surface area contributed by atoms with Crippen LogP contribution in [0, 0.1) is 18.3 Å². The highest BCUT2D eigenvalue weighted by molar-refractivity contribution is 5.39. The van der Waals surface area contributed by atoms with Crippen molar-refractivity contribution in [2.45, 2.75) is 19.8 Å². The van der Waals surface area contributed by atoms with Crippen LogP contribution in [0.4, 0.5) is 8.78 Å². The van der Waals surface area contributed by atoms with Gasteiger partial charge in [0.05, 0.1) is 6.61 Å². The van der Waals surface area contributed by atoms with Crippen LogP contribution in [0.2, 0.25) is 0 Å². The summed E-state index contributed by atoms with van der Waals surface area (Å²) >= 11 is 0. The van der Waals surface area contributed by atoms with Gasteiger partial charge in [0, 0.05) is 5.56 Å². The maximum atomic E-state index is 13.0. The normalized spacial score (nSPS) is 10.9. The number of benzene rings is 1. The predicted octanol–water partition coefficient (Wildman–Crippen LogP) is 3.01. The quantitative estimate of drug-likeness (QED) is 0.769. The van der Waals surface area contributed by atoms with Gasteiger partial charge in [0.1, 0.15) is 11.8 Å². The molecule has 0 bridgehead atoms. The van der Waals surface area contributed by atoms with E-state index in [1.165, 1.54) is 18.2 Å². The first-order valence-corrected chi connectivity index (χ1v) is 4.54. The SMILES string of the molecule is CCOc1ccc(C(F)(F)C#N)cc1C. The highest BCUT2D eigenvalue weighted by atomic mass is 19.3. The molecule has 0 aromatic heterocycles. The van der Waals surface area contributed by atoms with E-state index in [9.17, 15) is 8.78 Å². The summed E-state index contributed by atoms with van der Waals surface area (Å²) in [5.41, 5.74) is 0.301. The largest absolute Gasteiger partial charge is 0.494 e. The van der Waals surface area contributed by atoms with E-state index >= 15 is 0 Å². The molecule has 4 heteroatoms. The molecule has 2 nitrogen and oxygen atoms in total. The van der Waals surface area contributed by atoms with E-state index in [2.05, 4.69) is 0 Å². The Morgan fingerprint density at radius 3 is 2.60 bits per heavy atom. The lowest BCUT2D eigenvalue weighted by Crippen LogP contribution is -2.10. The molecule has 0 aliphatic heterocycles. The second-order valence-electron chi connectivity index (χ2n) is 3.10. The maximum absolute atomic E-state index is 13.0. The number of nitriles is 1. The van der Waals surface area contributed by atoms with E-state index in [0.717, 1.165) is 6.07 Å². The van der Waals surface area contributed by atoms with Gasteiger partial charge in [0.15, 0.2) is 0 Å². The third-order valence-corrected chi connectivity index (χ3v) is 1.98. The Bertz CT molecular complexity index is 396. The van der Waals surface area contributed by atoms with E-state index in [-0.39, 0.29) is 5.56 Å². The fourth-order valence-corrected chi connectivity index (χ4v) is 1.23. The Labute approximate surface area is 87.1 Å². The van der Waals surface area contributed by atoms with Crippen molar-refractivity contribution in [2.24, 2.45) is 0 Å². The molecular formula is C11H11F2NO. The molecule has 0 radical (unpaired) electrons. The molecule has 0 aliphatic rings. The number of halogens is 2. The molecule has 0 fully saturated rings. The Balaban J connectivity index is 3.08. The monoisotopic (exact) mass is 211 g/mol. The molecular weight excluding hydrogens is 200 g/mol. The van der Waals surface area contributed by atoms with Crippen LogP contribution in [-0.2, 0) is 5.92 Å². The van der Waals surface area contributed by atoms with E-state index in [1.54, 1.807) is 6.92 Å². The van der Waals surface area contributed by atoms with Gasteiger partial charge < -0.3 is 4.74 Å². The first-order chi connectivity index (χ1) is 7.01. The third kappa shape index (κ3) is 2.44. The van der Waals surface area contributed by atoms with E-state index in [0.29, 0.717) is 17.9 Å². The summed E-state index contributed by atoms with van der Waals surface area (Å²) in [6, 6.07) is 4.90. The highest BCUT2D eigenvalue weighted by Gasteiger charge is 2.31. The van der Waals surface area contributed by atoms with Crippen LogP contribution in [0.3, 0.4) is 0 Å². The van der Waals surface area contributed by atoms with Crippen molar-refractivity contribution in [1.82, 2.24) is 0 Å². The van der Waals surface area contributed by atoms with Gasteiger partial charge in [-0.1, -0.05) is 0 Å². The molecule has 0 aliphatic carbocycles. The zero-order valence-corrected chi connectivity index (χ0v) is 8.55. The minimum atomic E-state index is -3.44. The third-order valence-electron chi connectivity index (χ3n) is 1.98. The summed E-state index contributed by atoms with van der Waals surface area (Å²) in [6.45, 7) is 3.97. The number of aryl methyl sites for hydroxylation is 1. The van der Waals surface area contributed by atoms with Gasteiger partial charge in [-0.15, -0.1) is 0 Å². The standard InChI is InChI=1S/C11H11F2NO/c1-3-15-10-5-4-9(6-8(10)2)11(12,13)7-14/h4-6H,3H2,1-2H3. The zero-order chi connectivity index (χ0) is 11.5. The van der Waals surface area contributed by atoms with Gasteiger partial charge in [-0.3, -0.25) is 0 Å². The lowest BCUT2D eigenvalue weighted by Gasteiger charge is -2.11. The second-order valence-corrected chi connectivity index (χ2v) is 3.10. The second kappa shape index (κ2) is 4.26. The van der Waals surface area contributed by atoms with Crippen molar-refractivity contribution in [3.8, 4) is 11.8 Å². The van der Waals surface area contributed by atoms with Crippen LogP contribution in [0.25, 0.3) is 0 Å². The first-order valence-electron chi connectivity index (χ1n) is 4.54. The summed E-state index contributed by atoms with van der Waals surface area (Å²) in [4.78, 5) is 0. The molecule has 0 spiro atoms. The predicted molar refractivity (Wildman–Crippen MR) is 51.9 cm³/mol. The fraction of sp³-hybridized carbons (Fsp3) is 0.364. The van der Waals surface area contributed by atoms with Crippen LogP contribution in [0.1, 0.15) is 18.1 Å². The van der Waals surface area contributed by atoms with Crippen molar-refractivity contribution in [1.29, 1.82) is 5.26 Å². The molecule has 0 amide bonds. The number of nitrogens with zero attached hydrogens (tertiary/aromatic N) is 1. The number of rotatable bonds is 3. The summed E-state index contributed by atoms with van der Waals surface area (Å²) in [5.74, 6) is -2.87. The summed E-state index contributed by atoms with van der Waals surface area (Å²) < 4.78 is 31.2. The van der Waals surface area contributed by atoms with Gasteiger partial charge in [0.2, 0.25) is 0 Å². The summed E-state index contributed by atoms with van der Waals surface area (Å²) in [7, 11) is 0. The van der Waals surface area contributed by atoms with Crippen LogP contribution < -0.4 is 4.74 Å². The molecule has 15 heavy (non-hydrogen) atoms. The van der Waals surface area contributed by atoms with Gasteiger partial charge in [-0.05, 0) is 37.6 Å². The Hall–Kier alpha value is -1.63. The van der Waals surface area contributed by atoms with Crippen molar-refractivity contribution in [2.75, 3.05) is 6.61 Å². The first kappa shape index (κ1) is 11.4. The smallest absolute Gasteiger partial charge is 0.357 e. The van der Waals surface area contributed by atoms with E-state index in [1.807, 2.05) is 6.92 Å². The highest BCUT2D eigenvalue weighted by Crippen LogP contribution is 2.30. The summed E-state index contributed by atoms with van der Waals surface area (Å²) in [5, 5.41) is 8.28. The van der Waals surface area contributed by atoms with Crippen LogP contribution in [-0.4, -0.2) is 6.61 Å². The molecule has 0 saturated carbocycles. The van der Waals surface area contributed by atoms with Gasteiger partial charge in [0.25, 0.3) is 0 Å². The van der Waals surface area contributed by atoms with Crippen molar-refractivity contribution in [3.63, 3.8) is 0 Å². The molecule has 0 atom stereocenters. The Morgan fingerprint density at radius 1 is 1.47 bits per heavy atom. The topological polar surface area (TPSA) is 33.0 Å². The van der Waals surface area contributed by atoms with Gasteiger partial charge in [-0.2, -0.15) is 14.0 Å². The molecule has 0 N–H and O–H groups in total. The molecule has 1 rings (SSSR count). The molecule has 80 valence electrons. The number of hydrogen-bond acceptors (Lipinski definition) is 2. The molecule has 0 unspecified atom stereocenters. The lowest BCUT2D eigenvalue weighted by atomic mass is 10.1. The van der Waals surface area contributed by atoms with Crippen molar-refractivity contribution >= 4 is 0 Å². The average Bonchev–Trinajstić information content (AvgIpc) is 2.21. The van der Waals surface area contributed by atoms with E-state index in [4.69, 9.17) is 10.00 Å². The van der Waals surface area contributed by atoms with E-state index < -0.39 is 5.92 Å². The lowest BCUT2D eigenvalue weighted by molar-refractivity contribution is 0.0611. The van der Waals surface area contributed by atoms with Crippen LogP contribution >= 0.6 is 0 Å². The Kier molecular flexibility index (Phi) is 3.25. The van der Waals surface area contributed by atoms with Gasteiger partial charge >= 0.3 is 5.92 Å². The summed E-state index contributed by atoms with van der Waals surface area (Å²) in [6.07, 6.45) is 0. The minimum absolute atomic E-state index is 0.300. The van der Waals surface area contributed by atoms with Crippen molar-refractivity contribution < 1.29 is 13.5 Å². The van der Waals surface area contributed by atoms with Crippen LogP contribution in [0.5, 0.6) is 5.75 Å². The average molecular weight is 211 g/mol. The number of hydrogen-bond donors (Lipinski definition) is 0. The molecule has 1 aromatic carbocycles. The maximum Gasteiger partial charge on any atom is 0.357 e. The molecule has 0 heterocycles. The van der Waals surface area contributed by atoms with Gasteiger partial charge in [-0.25, -0.2) is 0 Å². The van der Waals surface area contributed by atoms with Crippen LogP contribution in [0.15, 0.2) is 18.2 Å². The fourth-order valence-electron chi connectivity index (χ4n) is 1.23.